The second-order valence-electron chi connectivity index (χ2n) is 4.48. The van der Waals surface area contributed by atoms with Crippen LogP contribution in [0, 0.1) is 5.41 Å². The van der Waals surface area contributed by atoms with E-state index >= 15 is 0 Å². The molecule has 0 spiro atoms. The molecule has 0 radical (unpaired) electrons. The summed E-state index contributed by atoms with van der Waals surface area (Å²) in [5.41, 5.74) is -0.778. The van der Waals surface area contributed by atoms with Crippen molar-refractivity contribution in [3.63, 3.8) is 0 Å². The van der Waals surface area contributed by atoms with Crippen LogP contribution in [-0.4, -0.2) is 63.3 Å². The van der Waals surface area contributed by atoms with Gasteiger partial charge in [0, 0.05) is 18.5 Å². The van der Waals surface area contributed by atoms with E-state index in [2.05, 4.69) is 0 Å². The molecule has 1 saturated heterocycles. The summed E-state index contributed by atoms with van der Waals surface area (Å²) in [5.74, 6) is 0. The molecule has 1 unspecified atom stereocenters. The minimum Gasteiger partial charge on any atom is -0.465 e. The maximum atomic E-state index is 10.7. The molecule has 1 heterocycles. The lowest BCUT2D eigenvalue weighted by Gasteiger charge is -2.43. The lowest BCUT2D eigenvalue weighted by Crippen LogP contribution is -2.52. The molecular formula is C10H19NO5. The van der Waals surface area contributed by atoms with Crippen LogP contribution in [0.4, 0.5) is 4.79 Å². The van der Waals surface area contributed by atoms with Crippen molar-refractivity contribution < 1.29 is 25.2 Å². The Morgan fingerprint density at radius 2 is 1.88 bits per heavy atom. The van der Waals surface area contributed by atoms with Gasteiger partial charge in [0.25, 0.3) is 0 Å². The van der Waals surface area contributed by atoms with Crippen molar-refractivity contribution in [2.45, 2.75) is 32.0 Å². The Bertz CT molecular complexity index is 248. The molecule has 0 bridgehead atoms. The average molecular weight is 233 g/mol. The van der Waals surface area contributed by atoms with Crippen molar-refractivity contribution in [2.24, 2.45) is 5.41 Å². The van der Waals surface area contributed by atoms with Crippen LogP contribution >= 0.6 is 0 Å². The number of aliphatic hydroxyl groups excluding tert-OH is 3. The first-order chi connectivity index (χ1) is 7.43. The van der Waals surface area contributed by atoms with Crippen LogP contribution in [-0.2, 0) is 0 Å². The molecule has 1 rings (SSSR count). The lowest BCUT2D eigenvalue weighted by atomic mass is 9.73. The highest BCUT2D eigenvalue weighted by Gasteiger charge is 2.43. The molecule has 94 valence electrons. The van der Waals surface area contributed by atoms with Gasteiger partial charge in [-0.25, -0.2) is 4.79 Å². The van der Waals surface area contributed by atoms with E-state index in [1.54, 1.807) is 0 Å². The third kappa shape index (κ3) is 2.45. The maximum absolute atomic E-state index is 10.7. The van der Waals surface area contributed by atoms with Gasteiger partial charge >= 0.3 is 6.09 Å². The summed E-state index contributed by atoms with van der Waals surface area (Å²) in [6, 6.07) is 0. The Hall–Kier alpha value is -0.850. The van der Waals surface area contributed by atoms with Crippen LogP contribution in [0.15, 0.2) is 0 Å². The number of rotatable bonds is 3. The van der Waals surface area contributed by atoms with E-state index in [1.165, 1.54) is 11.8 Å². The first-order valence-electron chi connectivity index (χ1n) is 5.38. The summed E-state index contributed by atoms with van der Waals surface area (Å²) in [6.07, 6.45) is -2.21. The molecule has 0 saturated carbocycles. The largest absolute Gasteiger partial charge is 0.465 e. The first-order valence-corrected chi connectivity index (χ1v) is 5.38. The van der Waals surface area contributed by atoms with E-state index < -0.39 is 23.7 Å². The monoisotopic (exact) mass is 233 g/mol. The molecular weight excluding hydrogens is 214 g/mol. The number of nitrogens with zero attached hydrogens (tertiary/aromatic N) is 1. The fraction of sp³-hybridized carbons (Fsp3) is 0.900. The second kappa shape index (κ2) is 4.99. The first kappa shape index (κ1) is 13.2. The summed E-state index contributed by atoms with van der Waals surface area (Å²) < 4.78 is 0. The molecule has 1 aliphatic heterocycles. The fourth-order valence-corrected chi connectivity index (χ4v) is 2.20. The van der Waals surface area contributed by atoms with Crippen LogP contribution in [0.5, 0.6) is 0 Å². The summed E-state index contributed by atoms with van der Waals surface area (Å²) in [6.45, 7) is 1.78. The average Bonchev–Trinajstić information content (AvgIpc) is 2.27. The van der Waals surface area contributed by atoms with Gasteiger partial charge in [0.05, 0.1) is 18.8 Å². The molecule has 1 fully saturated rings. The van der Waals surface area contributed by atoms with Crippen LogP contribution in [0.1, 0.15) is 19.8 Å². The Kier molecular flexibility index (Phi) is 4.12. The molecule has 0 aliphatic carbocycles. The molecule has 4 N–H and O–H groups in total. The normalized spacial score (nSPS) is 23.9. The Morgan fingerprint density at radius 3 is 2.19 bits per heavy atom. The Balaban J connectivity index is 2.68. The number of likely N-dealkylation sites (tertiary alicyclic amines) is 1. The maximum Gasteiger partial charge on any atom is 0.407 e. The molecule has 1 aliphatic rings. The molecule has 6 nitrogen and oxygen atoms in total. The van der Waals surface area contributed by atoms with Gasteiger partial charge in [0.1, 0.15) is 0 Å². The molecule has 16 heavy (non-hydrogen) atoms. The highest BCUT2D eigenvalue weighted by molar-refractivity contribution is 5.65. The Labute approximate surface area is 94.1 Å². The van der Waals surface area contributed by atoms with Crippen LogP contribution in [0.25, 0.3) is 0 Å². The van der Waals surface area contributed by atoms with Gasteiger partial charge < -0.3 is 25.3 Å². The van der Waals surface area contributed by atoms with Crippen molar-refractivity contribution in [2.75, 3.05) is 19.7 Å². The number of aliphatic hydroxyl groups is 3. The van der Waals surface area contributed by atoms with E-state index in [4.69, 9.17) is 5.11 Å². The Morgan fingerprint density at radius 1 is 1.38 bits per heavy atom. The predicted molar refractivity (Wildman–Crippen MR) is 56.0 cm³/mol. The standard InChI is InChI=1S/C10H19NO5/c1-7(13)8(14)10(6-12)2-4-11(5-3-10)9(15)16/h7-8,12-14H,2-6H2,1H3,(H,15,16)/t7-,8?/m0/s1. The third-order valence-corrected chi connectivity index (χ3v) is 3.43. The zero-order chi connectivity index (χ0) is 12.3. The van der Waals surface area contributed by atoms with E-state index in [0.29, 0.717) is 12.8 Å². The molecule has 0 aromatic rings. The van der Waals surface area contributed by atoms with Gasteiger partial charge in [-0.05, 0) is 19.8 Å². The topological polar surface area (TPSA) is 101 Å². The molecule has 1 amide bonds. The third-order valence-electron chi connectivity index (χ3n) is 3.43. The van der Waals surface area contributed by atoms with Gasteiger partial charge in [-0.1, -0.05) is 0 Å². The highest BCUT2D eigenvalue weighted by Crippen LogP contribution is 2.36. The number of piperidine rings is 1. The van der Waals surface area contributed by atoms with Gasteiger partial charge in [-0.2, -0.15) is 0 Å². The summed E-state index contributed by atoms with van der Waals surface area (Å²) in [4.78, 5) is 12.0. The molecule has 0 aromatic heterocycles. The number of hydrogen-bond donors (Lipinski definition) is 4. The molecule has 2 atom stereocenters. The quantitative estimate of drug-likeness (QED) is 0.525. The zero-order valence-electron chi connectivity index (χ0n) is 9.33. The van der Waals surface area contributed by atoms with Crippen molar-refractivity contribution in [3.05, 3.63) is 0 Å². The summed E-state index contributed by atoms with van der Waals surface area (Å²) in [5, 5.41) is 37.3. The lowest BCUT2D eigenvalue weighted by molar-refractivity contribution is -0.103. The van der Waals surface area contributed by atoms with Crippen molar-refractivity contribution in [1.29, 1.82) is 0 Å². The van der Waals surface area contributed by atoms with E-state index in [1.807, 2.05) is 0 Å². The minimum atomic E-state index is -1.02. The second-order valence-corrected chi connectivity index (χ2v) is 4.48. The van der Waals surface area contributed by atoms with Gasteiger partial charge in [0.15, 0.2) is 0 Å². The van der Waals surface area contributed by atoms with Crippen molar-refractivity contribution >= 4 is 6.09 Å². The van der Waals surface area contributed by atoms with Gasteiger partial charge in [0.2, 0.25) is 0 Å². The smallest absolute Gasteiger partial charge is 0.407 e. The zero-order valence-corrected chi connectivity index (χ0v) is 9.33. The van der Waals surface area contributed by atoms with Gasteiger partial charge in [-0.3, -0.25) is 0 Å². The van der Waals surface area contributed by atoms with Crippen LogP contribution in [0.2, 0.25) is 0 Å². The predicted octanol–water partition coefficient (Wildman–Crippen LogP) is -0.519. The highest BCUT2D eigenvalue weighted by atomic mass is 16.4. The van der Waals surface area contributed by atoms with Crippen molar-refractivity contribution in [3.8, 4) is 0 Å². The number of carboxylic acid groups (broad SMARTS) is 1. The van der Waals surface area contributed by atoms with E-state index in [-0.39, 0.29) is 19.7 Å². The van der Waals surface area contributed by atoms with E-state index in [9.17, 15) is 20.1 Å². The van der Waals surface area contributed by atoms with Crippen LogP contribution in [0.3, 0.4) is 0 Å². The number of amides is 1. The SMILES string of the molecule is C[C@H](O)C(O)C1(CO)CCN(C(=O)O)CC1. The summed E-state index contributed by atoms with van der Waals surface area (Å²) in [7, 11) is 0. The van der Waals surface area contributed by atoms with Crippen molar-refractivity contribution in [1.82, 2.24) is 4.90 Å². The molecule has 6 heteroatoms. The number of hydrogen-bond acceptors (Lipinski definition) is 4. The number of carbonyl (C=O) groups is 1. The van der Waals surface area contributed by atoms with Gasteiger partial charge in [-0.15, -0.1) is 0 Å². The van der Waals surface area contributed by atoms with E-state index in [0.717, 1.165) is 0 Å². The fourth-order valence-electron chi connectivity index (χ4n) is 2.20. The minimum absolute atomic E-state index is 0.244. The molecule has 0 aromatic carbocycles. The van der Waals surface area contributed by atoms with Crippen LogP contribution < -0.4 is 0 Å². The summed E-state index contributed by atoms with van der Waals surface area (Å²) >= 11 is 0.